The third kappa shape index (κ3) is 6.32. The Labute approximate surface area is 208 Å². The van der Waals surface area contributed by atoms with E-state index >= 15 is 0 Å². The van der Waals surface area contributed by atoms with Crippen LogP contribution in [0.1, 0.15) is 11.3 Å². The lowest BCUT2D eigenvalue weighted by atomic mass is 10.2. The molecule has 0 unspecified atom stereocenters. The maximum atomic E-state index is 12.5. The van der Waals surface area contributed by atoms with E-state index in [1.807, 2.05) is 28.8 Å². The first-order valence-corrected chi connectivity index (χ1v) is 12.7. The second-order valence-electron chi connectivity index (χ2n) is 8.45. The van der Waals surface area contributed by atoms with Crippen molar-refractivity contribution < 1.29 is 9.21 Å². The van der Waals surface area contributed by atoms with Crippen LogP contribution < -0.4 is 10.2 Å². The lowest BCUT2D eigenvalue weighted by Crippen LogP contribution is -2.45. The van der Waals surface area contributed by atoms with Gasteiger partial charge in [-0.1, -0.05) is 42.1 Å². The van der Waals surface area contributed by atoms with Crippen molar-refractivity contribution in [3.05, 3.63) is 90.6 Å². The summed E-state index contributed by atoms with van der Waals surface area (Å²) in [6.45, 7) is 5.59. The molecule has 0 radical (unpaired) electrons. The van der Waals surface area contributed by atoms with Crippen molar-refractivity contribution in [1.29, 1.82) is 0 Å². The van der Waals surface area contributed by atoms with Gasteiger partial charge in [-0.05, 0) is 42.0 Å². The highest BCUT2D eigenvalue weighted by atomic mass is 32.2. The minimum atomic E-state index is -0.0789. The largest absolute Gasteiger partial charge is 0.467 e. The number of benzene rings is 2. The monoisotopic (exact) mass is 488 g/mol. The van der Waals surface area contributed by atoms with Gasteiger partial charge in [0, 0.05) is 44.1 Å². The number of thioether (sulfide) groups is 1. The molecule has 2 aromatic carbocycles. The zero-order chi connectivity index (χ0) is 23.9. The molecule has 0 aliphatic carbocycles. The van der Waals surface area contributed by atoms with Crippen molar-refractivity contribution in [2.24, 2.45) is 0 Å². The van der Waals surface area contributed by atoms with Gasteiger partial charge >= 0.3 is 0 Å². The minimum absolute atomic E-state index is 0.0789. The first-order chi connectivity index (χ1) is 17.2. The Kier molecular flexibility index (Phi) is 7.45. The molecular weight excluding hydrogens is 460 g/mol. The van der Waals surface area contributed by atoms with Gasteiger partial charge in [-0.2, -0.15) is 0 Å². The third-order valence-corrected chi connectivity index (χ3v) is 6.94. The first kappa shape index (κ1) is 23.2. The van der Waals surface area contributed by atoms with Crippen LogP contribution in [0.2, 0.25) is 0 Å². The van der Waals surface area contributed by atoms with Crippen LogP contribution in [-0.4, -0.2) is 57.5 Å². The van der Waals surface area contributed by atoms with Crippen LogP contribution in [-0.2, 0) is 17.9 Å². The third-order valence-electron chi connectivity index (χ3n) is 5.96. The summed E-state index contributed by atoms with van der Waals surface area (Å²) in [6, 6.07) is 22.5. The Morgan fingerprint density at radius 2 is 1.74 bits per heavy atom. The molecule has 1 fully saturated rings. The highest BCUT2D eigenvalue weighted by Gasteiger charge is 2.17. The van der Waals surface area contributed by atoms with Gasteiger partial charge in [0.2, 0.25) is 5.91 Å². The van der Waals surface area contributed by atoms with E-state index < -0.39 is 0 Å². The summed E-state index contributed by atoms with van der Waals surface area (Å²) >= 11 is 1.35. The number of rotatable bonds is 9. The first-order valence-electron chi connectivity index (χ1n) is 11.7. The van der Waals surface area contributed by atoms with Crippen molar-refractivity contribution in [1.82, 2.24) is 19.7 Å². The molecule has 3 heterocycles. The topological polar surface area (TPSA) is 79.4 Å². The minimum Gasteiger partial charge on any atom is -0.467 e. The number of anilines is 2. The quantitative estimate of drug-likeness (QED) is 0.357. The molecule has 0 spiro atoms. The molecule has 1 saturated heterocycles. The van der Waals surface area contributed by atoms with Crippen LogP contribution in [0.25, 0.3) is 0 Å². The molecule has 8 nitrogen and oxygen atoms in total. The zero-order valence-corrected chi connectivity index (χ0v) is 20.2. The van der Waals surface area contributed by atoms with Crippen molar-refractivity contribution in [2.45, 2.75) is 18.2 Å². The average Bonchev–Trinajstić information content (AvgIpc) is 3.57. The van der Waals surface area contributed by atoms with E-state index in [9.17, 15) is 4.79 Å². The van der Waals surface area contributed by atoms with E-state index in [2.05, 4.69) is 67.8 Å². The molecular formula is C26H28N6O2S. The van der Waals surface area contributed by atoms with Crippen LogP contribution in [0.15, 0.2) is 88.9 Å². The Morgan fingerprint density at radius 1 is 0.943 bits per heavy atom. The Bertz CT molecular complexity index is 1200. The molecule has 1 N–H and O–H groups in total. The zero-order valence-electron chi connectivity index (χ0n) is 19.4. The van der Waals surface area contributed by atoms with Gasteiger partial charge < -0.3 is 19.2 Å². The average molecular weight is 489 g/mol. The maximum absolute atomic E-state index is 12.5. The van der Waals surface area contributed by atoms with Gasteiger partial charge in [0.05, 0.1) is 18.6 Å². The maximum Gasteiger partial charge on any atom is 0.234 e. The molecule has 1 amide bonds. The standard InChI is InChI=1S/C26H28N6O2S/c33-25(19-35-26-29-27-20-32(26)18-24-7-4-16-34-24)28-22-8-10-23(11-9-22)31-14-12-30(13-15-31)17-21-5-2-1-3-6-21/h1-11,16,20H,12-15,17-19H2,(H,28,33). The fourth-order valence-corrected chi connectivity index (χ4v) is 4.84. The number of nitrogens with zero attached hydrogens (tertiary/aromatic N) is 5. The lowest BCUT2D eigenvalue weighted by Gasteiger charge is -2.36. The number of furan rings is 1. The van der Waals surface area contributed by atoms with Crippen molar-refractivity contribution in [3.8, 4) is 0 Å². The number of nitrogens with one attached hydrogen (secondary N) is 1. The van der Waals surface area contributed by atoms with Gasteiger partial charge in [-0.3, -0.25) is 9.69 Å². The van der Waals surface area contributed by atoms with Crippen molar-refractivity contribution in [2.75, 3.05) is 42.1 Å². The number of hydrogen-bond donors (Lipinski definition) is 1. The summed E-state index contributed by atoms with van der Waals surface area (Å²) in [5.74, 6) is 0.987. The Morgan fingerprint density at radius 3 is 2.49 bits per heavy atom. The fourth-order valence-electron chi connectivity index (χ4n) is 4.12. The second kappa shape index (κ2) is 11.2. The summed E-state index contributed by atoms with van der Waals surface area (Å²) in [4.78, 5) is 17.4. The van der Waals surface area contributed by atoms with E-state index in [-0.39, 0.29) is 11.7 Å². The molecule has 0 atom stereocenters. The summed E-state index contributed by atoms with van der Waals surface area (Å²) < 4.78 is 7.24. The van der Waals surface area contributed by atoms with Gasteiger partial charge in [-0.15, -0.1) is 10.2 Å². The molecule has 1 aliphatic heterocycles. The number of carbonyl (C=O) groups excluding carboxylic acids is 1. The van der Waals surface area contributed by atoms with Crippen LogP contribution >= 0.6 is 11.8 Å². The highest BCUT2D eigenvalue weighted by molar-refractivity contribution is 7.99. The van der Waals surface area contributed by atoms with Gasteiger partial charge in [0.25, 0.3) is 0 Å². The van der Waals surface area contributed by atoms with Crippen LogP contribution in [0, 0.1) is 0 Å². The van der Waals surface area contributed by atoms with Crippen molar-refractivity contribution in [3.63, 3.8) is 0 Å². The molecule has 0 saturated carbocycles. The molecule has 4 aromatic rings. The van der Waals surface area contributed by atoms with E-state index in [1.54, 1.807) is 12.6 Å². The lowest BCUT2D eigenvalue weighted by molar-refractivity contribution is -0.113. The molecule has 0 bridgehead atoms. The van der Waals surface area contributed by atoms with E-state index in [1.165, 1.54) is 23.0 Å². The summed E-state index contributed by atoms with van der Waals surface area (Å²) in [6.07, 6.45) is 3.28. The smallest absolute Gasteiger partial charge is 0.234 e. The normalized spacial score (nSPS) is 14.2. The predicted octanol–water partition coefficient (Wildman–Crippen LogP) is 3.97. The van der Waals surface area contributed by atoms with E-state index in [0.717, 1.165) is 44.2 Å². The number of amides is 1. The van der Waals surface area contributed by atoms with Crippen molar-refractivity contribution >= 4 is 29.0 Å². The van der Waals surface area contributed by atoms with Gasteiger partial charge in [0.15, 0.2) is 5.16 Å². The fraction of sp³-hybridized carbons (Fsp3) is 0.269. The van der Waals surface area contributed by atoms with Crippen LogP contribution in [0.4, 0.5) is 11.4 Å². The molecule has 5 rings (SSSR count). The second-order valence-corrected chi connectivity index (χ2v) is 9.40. The molecule has 35 heavy (non-hydrogen) atoms. The number of hydrogen-bond acceptors (Lipinski definition) is 7. The number of carbonyl (C=O) groups is 1. The Balaban J connectivity index is 1.07. The van der Waals surface area contributed by atoms with Gasteiger partial charge in [0.1, 0.15) is 12.1 Å². The molecule has 1 aliphatic rings. The molecule has 2 aromatic heterocycles. The Hall–Kier alpha value is -3.56. The molecule has 180 valence electrons. The van der Waals surface area contributed by atoms with E-state index in [4.69, 9.17) is 4.42 Å². The summed E-state index contributed by atoms with van der Waals surface area (Å²) in [7, 11) is 0. The number of piperazine rings is 1. The van der Waals surface area contributed by atoms with Crippen LogP contribution in [0.5, 0.6) is 0 Å². The van der Waals surface area contributed by atoms with Crippen LogP contribution in [0.3, 0.4) is 0 Å². The highest BCUT2D eigenvalue weighted by Crippen LogP contribution is 2.21. The predicted molar refractivity (Wildman–Crippen MR) is 138 cm³/mol. The van der Waals surface area contributed by atoms with E-state index in [0.29, 0.717) is 11.7 Å². The SMILES string of the molecule is O=C(CSc1nncn1Cc1ccco1)Nc1ccc(N2CCN(Cc3ccccc3)CC2)cc1. The number of aromatic nitrogens is 3. The summed E-state index contributed by atoms with van der Waals surface area (Å²) in [5, 5.41) is 11.7. The van der Waals surface area contributed by atoms with Gasteiger partial charge in [-0.25, -0.2) is 0 Å². The summed E-state index contributed by atoms with van der Waals surface area (Å²) in [5.41, 5.74) is 3.33. The molecule has 9 heteroatoms.